The van der Waals surface area contributed by atoms with E-state index in [-0.39, 0.29) is 37.4 Å². The molecule has 0 saturated heterocycles. The van der Waals surface area contributed by atoms with Crippen molar-refractivity contribution in [1.29, 1.82) is 0 Å². The first kappa shape index (κ1) is 13.5. The fourth-order valence-electron chi connectivity index (χ4n) is 1.66. The number of nitrogens with zero attached hydrogens (tertiary/aromatic N) is 2. The first-order chi connectivity index (χ1) is 9.06. The summed E-state index contributed by atoms with van der Waals surface area (Å²) in [6.45, 7) is -0.710. The zero-order chi connectivity index (χ0) is 14.0. The molecule has 10 heteroatoms. The zero-order valence-electron chi connectivity index (χ0n) is 10.0. The van der Waals surface area contributed by atoms with Crippen LogP contribution in [0, 0.1) is 0 Å². The molecule has 0 bridgehead atoms. The Morgan fingerprint density at radius 3 is 2.79 bits per heavy atom. The highest BCUT2D eigenvalue weighted by Gasteiger charge is 2.30. The number of hydrogen-bond donors (Lipinski definition) is 6. The molecule has 1 aromatic rings. The number of rotatable bonds is 5. The molecule has 1 aliphatic rings. The van der Waals surface area contributed by atoms with Crippen LogP contribution in [0.25, 0.3) is 0 Å². The molecule has 1 unspecified atom stereocenters. The Labute approximate surface area is 108 Å². The van der Waals surface area contributed by atoms with Crippen LogP contribution in [0.4, 0.5) is 17.5 Å². The summed E-state index contributed by atoms with van der Waals surface area (Å²) >= 11 is 0. The monoisotopic (exact) mass is 272 g/mol. The average molecular weight is 272 g/mol. The minimum atomic E-state index is -0.726. The number of nitrogen functional groups attached to an aromatic ring is 1. The predicted octanol–water partition coefficient (Wildman–Crippen LogP) is -2.85. The van der Waals surface area contributed by atoms with Crippen molar-refractivity contribution >= 4 is 17.5 Å². The van der Waals surface area contributed by atoms with Gasteiger partial charge in [0.1, 0.15) is 18.5 Å². The number of aliphatic hydroxyl groups is 2. The topological polar surface area (TPSA) is 163 Å². The molecule has 0 radical (unpaired) electrons. The summed E-state index contributed by atoms with van der Waals surface area (Å²) < 4.78 is 5.24. The number of aromatic nitrogens is 2. The number of H-pyrrole nitrogens is 1. The van der Waals surface area contributed by atoms with E-state index in [1.165, 1.54) is 4.90 Å². The van der Waals surface area contributed by atoms with Gasteiger partial charge in [-0.15, -0.1) is 0 Å². The van der Waals surface area contributed by atoms with E-state index in [1.54, 1.807) is 0 Å². The van der Waals surface area contributed by atoms with E-state index in [1.807, 2.05) is 0 Å². The van der Waals surface area contributed by atoms with Crippen LogP contribution in [0.5, 0.6) is 0 Å². The van der Waals surface area contributed by atoms with Crippen LogP contribution < -0.4 is 27.2 Å². The van der Waals surface area contributed by atoms with E-state index in [0.717, 1.165) is 0 Å². The number of aromatic amines is 1. The van der Waals surface area contributed by atoms with Gasteiger partial charge in [0.2, 0.25) is 5.95 Å². The number of anilines is 3. The number of fused-ring (bicyclic) bond motifs is 1. The second-order valence-electron chi connectivity index (χ2n) is 3.99. The third-order valence-electron chi connectivity index (χ3n) is 2.68. The molecular weight excluding hydrogens is 256 g/mol. The van der Waals surface area contributed by atoms with Crippen LogP contribution in [-0.2, 0) is 4.74 Å². The van der Waals surface area contributed by atoms with Crippen molar-refractivity contribution in [1.82, 2.24) is 9.97 Å². The van der Waals surface area contributed by atoms with Crippen LogP contribution in [0.1, 0.15) is 0 Å². The second kappa shape index (κ2) is 5.40. The number of nitrogens with one attached hydrogen (secondary N) is 2. The predicted molar refractivity (Wildman–Crippen MR) is 67.3 cm³/mol. The summed E-state index contributed by atoms with van der Waals surface area (Å²) in [4.78, 5) is 19.4. The lowest BCUT2D eigenvalue weighted by molar-refractivity contribution is -0.0202. The van der Waals surface area contributed by atoms with Crippen LogP contribution in [0.2, 0.25) is 0 Å². The van der Waals surface area contributed by atoms with Gasteiger partial charge < -0.3 is 26.0 Å². The van der Waals surface area contributed by atoms with Crippen LogP contribution in [0.15, 0.2) is 4.79 Å². The molecule has 1 aromatic heterocycles. The number of ether oxygens (including phenoxy) is 1. The molecule has 0 spiro atoms. The van der Waals surface area contributed by atoms with Gasteiger partial charge in [0, 0.05) is 0 Å². The lowest BCUT2D eigenvalue weighted by Crippen LogP contribution is -2.45. The minimum Gasteiger partial charge on any atom is -0.394 e. The van der Waals surface area contributed by atoms with Crippen LogP contribution in [0.3, 0.4) is 0 Å². The highest BCUT2D eigenvalue weighted by atomic mass is 16.5. The van der Waals surface area contributed by atoms with E-state index in [2.05, 4.69) is 15.3 Å². The molecule has 10 nitrogen and oxygen atoms in total. The van der Waals surface area contributed by atoms with Gasteiger partial charge in [-0.25, -0.2) is 0 Å². The Morgan fingerprint density at radius 2 is 2.16 bits per heavy atom. The van der Waals surface area contributed by atoms with Gasteiger partial charge in [-0.3, -0.25) is 20.4 Å². The zero-order valence-corrected chi connectivity index (χ0v) is 10.0. The SMILES string of the molecule is Nc1nc2c(c(=O)[nH]1)NC(N)N2COC(CO)CO. The summed E-state index contributed by atoms with van der Waals surface area (Å²) in [7, 11) is 0. The molecular formula is C9H16N6O4. The summed E-state index contributed by atoms with van der Waals surface area (Å²) in [5, 5.41) is 20.6. The van der Waals surface area contributed by atoms with E-state index in [0.29, 0.717) is 0 Å². The maximum atomic E-state index is 11.6. The number of nitrogens with two attached hydrogens (primary N) is 2. The van der Waals surface area contributed by atoms with Crippen LogP contribution >= 0.6 is 0 Å². The Balaban J connectivity index is 2.18. The van der Waals surface area contributed by atoms with Gasteiger partial charge in [0.25, 0.3) is 5.56 Å². The van der Waals surface area contributed by atoms with Crippen molar-refractivity contribution in [3.8, 4) is 0 Å². The Morgan fingerprint density at radius 1 is 1.47 bits per heavy atom. The largest absolute Gasteiger partial charge is 0.394 e. The van der Waals surface area contributed by atoms with Crippen molar-refractivity contribution in [2.75, 3.05) is 35.9 Å². The number of aliphatic hydroxyl groups excluding tert-OH is 2. The van der Waals surface area contributed by atoms with Gasteiger partial charge in [-0.1, -0.05) is 0 Å². The quantitative estimate of drug-likeness (QED) is 0.331. The molecule has 0 aromatic carbocycles. The summed E-state index contributed by atoms with van der Waals surface area (Å²) in [6.07, 6.45) is -1.43. The fourth-order valence-corrected chi connectivity index (χ4v) is 1.66. The van der Waals surface area contributed by atoms with E-state index >= 15 is 0 Å². The molecule has 0 amide bonds. The highest BCUT2D eigenvalue weighted by molar-refractivity contribution is 5.71. The molecule has 1 aliphatic heterocycles. The Hall–Kier alpha value is -1.88. The second-order valence-corrected chi connectivity index (χ2v) is 3.99. The summed E-state index contributed by atoms with van der Waals surface area (Å²) in [6, 6.07) is 0. The highest BCUT2D eigenvalue weighted by Crippen LogP contribution is 2.27. The third kappa shape index (κ3) is 2.61. The minimum absolute atomic E-state index is 0.0366. The van der Waals surface area contributed by atoms with Gasteiger partial charge in [-0.2, -0.15) is 4.98 Å². The number of hydrogen-bond acceptors (Lipinski definition) is 9. The molecule has 2 heterocycles. The van der Waals surface area contributed by atoms with Gasteiger partial charge in [0.15, 0.2) is 12.1 Å². The van der Waals surface area contributed by atoms with Gasteiger partial charge in [-0.05, 0) is 0 Å². The Bertz CT molecular complexity index is 502. The first-order valence-corrected chi connectivity index (χ1v) is 5.58. The maximum absolute atomic E-state index is 11.6. The standard InChI is InChI=1S/C9H16N6O4/c10-8-13-6-5(7(18)14-8)12-9(11)15(6)3-19-4(1-16)2-17/h4,9,12,16-17H,1-3,11H2,(H3,10,13,14,18). The molecule has 0 aliphatic carbocycles. The van der Waals surface area contributed by atoms with Crippen molar-refractivity contribution in [2.24, 2.45) is 5.73 Å². The smallest absolute Gasteiger partial charge is 0.277 e. The van der Waals surface area contributed by atoms with Crippen LogP contribution in [-0.4, -0.2) is 52.5 Å². The van der Waals surface area contributed by atoms with Gasteiger partial charge in [0.05, 0.1) is 13.2 Å². The molecule has 0 saturated carbocycles. The van der Waals surface area contributed by atoms with Gasteiger partial charge >= 0.3 is 0 Å². The Kier molecular flexibility index (Phi) is 3.85. The normalized spacial score (nSPS) is 17.7. The van der Waals surface area contributed by atoms with E-state index < -0.39 is 18.0 Å². The van der Waals surface area contributed by atoms with E-state index in [4.69, 9.17) is 26.4 Å². The summed E-state index contributed by atoms with van der Waals surface area (Å²) in [5.74, 6) is 0.230. The molecule has 0 fully saturated rings. The van der Waals surface area contributed by atoms with Crippen molar-refractivity contribution < 1.29 is 14.9 Å². The molecule has 19 heavy (non-hydrogen) atoms. The fraction of sp³-hybridized carbons (Fsp3) is 0.556. The molecule has 1 atom stereocenters. The first-order valence-electron chi connectivity index (χ1n) is 5.58. The molecule has 8 N–H and O–H groups in total. The van der Waals surface area contributed by atoms with Crippen molar-refractivity contribution in [3.63, 3.8) is 0 Å². The lowest BCUT2D eigenvalue weighted by Gasteiger charge is -2.24. The molecule has 2 rings (SSSR count). The average Bonchev–Trinajstić information content (AvgIpc) is 2.68. The maximum Gasteiger partial charge on any atom is 0.277 e. The third-order valence-corrected chi connectivity index (χ3v) is 2.68. The van der Waals surface area contributed by atoms with Crippen molar-refractivity contribution in [3.05, 3.63) is 10.4 Å². The van der Waals surface area contributed by atoms with Crippen molar-refractivity contribution in [2.45, 2.75) is 12.4 Å². The van der Waals surface area contributed by atoms with E-state index in [9.17, 15) is 4.79 Å². The molecule has 106 valence electrons. The summed E-state index contributed by atoms with van der Waals surface area (Å²) in [5.41, 5.74) is 11.0. The lowest BCUT2D eigenvalue weighted by atomic mass is 10.4.